The van der Waals surface area contributed by atoms with Crippen molar-refractivity contribution in [2.45, 2.75) is 30.4 Å². The SMILES string of the molecule is CC(NC(c1ccccc1)n1cc(CC(=O)O)c2ccccc21)c1ccc(S(N)(=O)=O)cc1. The minimum atomic E-state index is -3.76. The monoisotopic (exact) mass is 463 g/mol. The second kappa shape index (κ2) is 9.19. The molecule has 4 aromatic rings. The average Bonchev–Trinajstić information content (AvgIpc) is 3.15. The van der Waals surface area contributed by atoms with Crippen LogP contribution in [0, 0.1) is 0 Å². The molecule has 3 aromatic carbocycles. The van der Waals surface area contributed by atoms with E-state index in [2.05, 4.69) is 9.88 Å². The molecular weight excluding hydrogens is 438 g/mol. The zero-order chi connectivity index (χ0) is 23.6. The van der Waals surface area contributed by atoms with Crippen molar-refractivity contribution < 1.29 is 18.3 Å². The number of sulfonamides is 1. The summed E-state index contributed by atoms with van der Waals surface area (Å²) < 4.78 is 25.2. The number of hydrogen-bond acceptors (Lipinski definition) is 4. The lowest BCUT2D eigenvalue weighted by molar-refractivity contribution is -0.136. The number of carboxylic acid groups (broad SMARTS) is 1. The van der Waals surface area contributed by atoms with Crippen molar-refractivity contribution in [3.63, 3.8) is 0 Å². The summed E-state index contributed by atoms with van der Waals surface area (Å²) in [6.45, 7) is 1.99. The van der Waals surface area contributed by atoms with Crippen molar-refractivity contribution in [2.75, 3.05) is 0 Å². The van der Waals surface area contributed by atoms with Gasteiger partial charge in [0.2, 0.25) is 10.0 Å². The molecule has 0 amide bonds. The van der Waals surface area contributed by atoms with E-state index in [1.165, 1.54) is 12.1 Å². The third-order valence-corrected chi connectivity index (χ3v) is 6.60. The lowest BCUT2D eigenvalue weighted by Gasteiger charge is -2.26. The van der Waals surface area contributed by atoms with Crippen LogP contribution in [0.5, 0.6) is 0 Å². The highest BCUT2D eigenvalue weighted by Gasteiger charge is 2.21. The standard InChI is InChI=1S/C25H25N3O4S/c1-17(18-11-13-21(14-12-18)33(26,31)32)27-25(19-7-3-2-4-8-19)28-16-20(15-24(29)30)22-9-5-6-10-23(22)28/h2-14,16-17,25,27H,15H2,1H3,(H,29,30)(H2,26,31,32). The first-order chi connectivity index (χ1) is 15.7. The number of nitrogens with one attached hydrogen (secondary N) is 1. The Hall–Kier alpha value is -3.46. The van der Waals surface area contributed by atoms with E-state index in [-0.39, 0.29) is 23.5 Å². The molecule has 33 heavy (non-hydrogen) atoms. The van der Waals surface area contributed by atoms with Crippen molar-refractivity contribution in [2.24, 2.45) is 5.14 Å². The molecular formula is C25H25N3O4S. The van der Waals surface area contributed by atoms with Crippen LogP contribution in [0.25, 0.3) is 10.9 Å². The van der Waals surface area contributed by atoms with Gasteiger partial charge in [-0.2, -0.15) is 0 Å². The van der Waals surface area contributed by atoms with E-state index in [0.717, 1.165) is 27.6 Å². The van der Waals surface area contributed by atoms with Crippen LogP contribution >= 0.6 is 0 Å². The van der Waals surface area contributed by atoms with Gasteiger partial charge in [-0.3, -0.25) is 10.1 Å². The summed E-state index contributed by atoms with van der Waals surface area (Å²) in [5.41, 5.74) is 3.57. The van der Waals surface area contributed by atoms with Crippen molar-refractivity contribution in [1.82, 2.24) is 9.88 Å². The van der Waals surface area contributed by atoms with E-state index in [1.54, 1.807) is 12.1 Å². The fraction of sp³-hybridized carbons (Fsp3) is 0.160. The van der Waals surface area contributed by atoms with E-state index in [1.807, 2.05) is 67.7 Å². The summed E-state index contributed by atoms with van der Waals surface area (Å²) in [5.74, 6) is -0.884. The molecule has 8 heteroatoms. The first-order valence-corrected chi connectivity index (χ1v) is 12.0. The Morgan fingerprint density at radius 2 is 1.61 bits per heavy atom. The highest BCUT2D eigenvalue weighted by atomic mass is 32.2. The molecule has 2 atom stereocenters. The van der Waals surface area contributed by atoms with Crippen LogP contribution in [0.3, 0.4) is 0 Å². The Labute approximate surface area is 192 Å². The quantitative estimate of drug-likeness (QED) is 0.368. The average molecular weight is 464 g/mol. The fourth-order valence-corrected chi connectivity index (χ4v) is 4.56. The van der Waals surface area contributed by atoms with Gasteiger partial charge in [-0.15, -0.1) is 0 Å². The Morgan fingerprint density at radius 1 is 0.970 bits per heavy atom. The fourth-order valence-electron chi connectivity index (χ4n) is 4.05. The number of rotatable bonds is 8. The van der Waals surface area contributed by atoms with Gasteiger partial charge in [0, 0.05) is 23.1 Å². The van der Waals surface area contributed by atoms with Gasteiger partial charge in [-0.1, -0.05) is 60.7 Å². The van der Waals surface area contributed by atoms with Crippen LogP contribution in [0.4, 0.5) is 0 Å². The first kappa shape index (κ1) is 22.7. The van der Waals surface area contributed by atoms with E-state index < -0.39 is 16.0 Å². The van der Waals surface area contributed by atoms with E-state index in [0.29, 0.717) is 0 Å². The predicted molar refractivity (Wildman–Crippen MR) is 127 cm³/mol. The van der Waals surface area contributed by atoms with Crippen LogP contribution in [-0.2, 0) is 21.2 Å². The molecule has 7 nitrogen and oxygen atoms in total. The summed E-state index contributed by atoms with van der Waals surface area (Å²) in [5, 5.41) is 19.1. The largest absolute Gasteiger partial charge is 0.481 e. The molecule has 0 aliphatic carbocycles. The number of para-hydroxylation sites is 1. The van der Waals surface area contributed by atoms with Crippen LogP contribution in [0.15, 0.2) is 90.0 Å². The normalized spacial score (nSPS) is 13.6. The third-order valence-electron chi connectivity index (χ3n) is 5.67. The predicted octanol–water partition coefficient (Wildman–Crippen LogP) is 3.81. The number of aliphatic carboxylic acids is 1. The maximum Gasteiger partial charge on any atom is 0.307 e. The maximum atomic E-state index is 11.6. The van der Waals surface area contributed by atoms with Gasteiger partial charge in [-0.25, -0.2) is 13.6 Å². The number of primary sulfonamides is 1. The lowest BCUT2D eigenvalue weighted by Crippen LogP contribution is -2.30. The van der Waals surface area contributed by atoms with Crippen molar-refractivity contribution in [1.29, 1.82) is 0 Å². The van der Waals surface area contributed by atoms with E-state index in [9.17, 15) is 18.3 Å². The smallest absolute Gasteiger partial charge is 0.307 e. The summed E-state index contributed by atoms with van der Waals surface area (Å²) in [4.78, 5) is 11.5. The molecule has 4 rings (SSSR count). The van der Waals surface area contributed by atoms with Crippen molar-refractivity contribution >= 4 is 26.9 Å². The van der Waals surface area contributed by atoms with Crippen molar-refractivity contribution in [3.8, 4) is 0 Å². The summed E-state index contributed by atoms with van der Waals surface area (Å²) >= 11 is 0. The van der Waals surface area contributed by atoms with Gasteiger partial charge in [0.25, 0.3) is 0 Å². The molecule has 4 N–H and O–H groups in total. The third kappa shape index (κ3) is 4.98. The topological polar surface area (TPSA) is 114 Å². The summed E-state index contributed by atoms with van der Waals surface area (Å²) in [6, 6.07) is 24.0. The van der Waals surface area contributed by atoms with Crippen LogP contribution < -0.4 is 10.5 Å². The molecule has 0 bridgehead atoms. The molecule has 0 fully saturated rings. The Bertz CT molecular complexity index is 1380. The number of fused-ring (bicyclic) bond motifs is 1. The molecule has 2 unspecified atom stereocenters. The van der Waals surface area contributed by atoms with E-state index in [4.69, 9.17) is 5.14 Å². The molecule has 0 aliphatic heterocycles. The maximum absolute atomic E-state index is 11.6. The summed E-state index contributed by atoms with van der Waals surface area (Å²) in [6.07, 6.45) is 1.53. The molecule has 0 aliphatic rings. The zero-order valence-corrected chi connectivity index (χ0v) is 18.9. The first-order valence-electron chi connectivity index (χ1n) is 10.5. The van der Waals surface area contributed by atoms with Crippen LogP contribution in [0.2, 0.25) is 0 Å². The molecule has 1 heterocycles. The van der Waals surface area contributed by atoms with E-state index >= 15 is 0 Å². The Kier molecular flexibility index (Phi) is 6.33. The number of carboxylic acids is 1. The van der Waals surface area contributed by atoms with Crippen LogP contribution in [0.1, 0.15) is 35.8 Å². The molecule has 0 saturated carbocycles. The zero-order valence-electron chi connectivity index (χ0n) is 18.0. The molecule has 0 radical (unpaired) electrons. The van der Waals surface area contributed by atoms with Gasteiger partial charge >= 0.3 is 5.97 Å². The molecule has 0 spiro atoms. The van der Waals surface area contributed by atoms with Gasteiger partial charge in [0.05, 0.1) is 11.3 Å². The number of hydrogen-bond donors (Lipinski definition) is 3. The van der Waals surface area contributed by atoms with Gasteiger partial charge in [-0.05, 0) is 41.8 Å². The van der Waals surface area contributed by atoms with Crippen LogP contribution in [-0.4, -0.2) is 24.1 Å². The second-order valence-electron chi connectivity index (χ2n) is 7.96. The minimum absolute atomic E-state index is 0.0628. The lowest BCUT2D eigenvalue weighted by atomic mass is 10.1. The Morgan fingerprint density at radius 3 is 2.24 bits per heavy atom. The molecule has 170 valence electrons. The second-order valence-corrected chi connectivity index (χ2v) is 9.53. The number of carbonyl (C=O) groups is 1. The van der Waals surface area contributed by atoms with Gasteiger partial charge in [0.15, 0.2) is 0 Å². The number of aromatic nitrogens is 1. The summed E-state index contributed by atoms with van der Waals surface area (Å²) in [7, 11) is -3.76. The minimum Gasteiger partial charge on any atom is -0.481 e. The van der Waals surface area contributed by atoms with Crippen molar-refractivity contribution in [3.05, 3.63) is 102 Å². The number of nitrogens with two attached hydrogens (primary N) is 1. The molecule has 0 saturated heterocycles. The number of nitrogens with zero attached hydrogens (tertiary/aromatic N) is 1. The molecule has 1 aromatic heterocycles. The highest BCUT2D eigenvalue weighted by Crippen LogP contribution is 2.29. The Balaban J connectivity index is 1.75. The highest BCUT2D eigenvalue weighted by molar-refractivity contribution is 7.89. The van der Waals surface area contributed by atoms with Gasteiger partial charge in [0.1, 0.15) is 6.17 Å². The number of benzene rings is 3. The van der Waals surface area contributed by atoms with Gasteiger partial charge < -0.3 is 9.67 Å².